The van der Waals surface area contributed by atoms with Crippen LogP contribution in [-0.2, 0) is 6.54 Å². The Kier molecular flexibility index (Phi) is 4.15. The molecule has 1 aromatic carbocycles. The van der Waals surface area contributed by atoms with Gasteiger partial charge in [0.2, 0.25) is 0 Å². The van der Waals surface area contributed by atoms with Gasteiger partial charge in [0.25, 0.3) is 0 Å². The first-order chi connectivity index (χ1) is 8.15. The Hall–Kier alpha value is -0.900. The number of benzene rings is 1. The molecule has 1 nitrogen and oxygen atoms in total. The van der Waals surface area contributed by atoms with Gasteiger partial charge >= 0.3 is 0 Å². The van der Waals surface area contributed by atoms with Crippen LogP contribution >= 0.6 is 22.9 Å². The van der Waals surface area contributed by atoms with Crippen LogP contribution in [-0.4, -0.2) is 0 Å². The van der Waals surface area contributed by atoms with Gasteiger partial charge in [-0.05, 0) is 30.7 Å². The van der Waals surface area contributed by atoms with E-state index in [1.807, 2.05) is 24.4 Å². The van der Waals surface area contributed by atoms with E-state index in [1.54, 1.807) is 23.5 Å². The Bertz CT molecular complexity index is 498. The molecule has 0 aliphatic carbocycles. The number of halogens is 2. The fraction of sp³-hybridized carbons (Fsp3) is 0.231. The fourth-order valence-electron chi connectivity index (χ4n) is 1.59. The second kappa shape index (κ2) is 5.63. The summed E-state index contributed by atoms with van der Waals surface area (Å²) in [6.07, 6.45) is 0. The summed E-state index contributed by atoms with van der Waals surface area (Å²) in [7, 11) is 0. The van der Waals surface area contributed by atoms with Gasteiger partial charge in [-0.25, -0.2) is 4.39 Å². The minimum Gasteiger partial charge on any atom is -0.305 e. The maximum absolute atomic E-state index is 13.1. The molecule has 2 aromatic rings. The minimum absolute atomic E-state index is 0.117. The van der Waals surface area contributed by atoms with Crippen molar-refractivity contribution in [2.24, 2.45) is 0 Å². The van der Waals surface area contributed by atoms with Gasteiger partial charge in [0.05, 0.1) is 5.02 Å². The van der Waals surface area contributed by atoms with E-state index in [0.29, 0.717) is 0 Å². The van der Waals surface area contributed by atoms with E-state index in [0.717, 1.165) is 17.1 Å². The number of hydrogen-bond acceptors (Lipinski definition) is 2. The van der Waals surface area contributed by atoms with E-state index in [2.05, 4.69) is 5.32 Å². The standard InChI is InChI=1S/C13H13ClFNS/c1-9(10-3-2-4-12(15)5-10)16-7-13-6-11(14)8-17-13/h2-6,8-9,16H,7H2,1H3/t9-/m1/s1. The lowest BCUT2D eigenvalue weighted by Crippen LogP contribution is -2.17. The summed E-state index contributed by atoms with van der Waals surface area (Å²) in [6.45, 7) is 2.76. The van der Waals surface area contributed by atoms with Crippen molar-refractivity contribution < 1.29 is 4.39 Å². The van der Waals surface area contributed by atoms with E-state index < -0.39 is 0 Å². The monoisotopic (exact) mass is 269 g/mol. The summed E-state index contributed by atoms with van der Waals surface area (Å²) in [4.78, 5) is 1.18. The Morgan fingerprint density at radius 2 is 2.24 bits per heavy atom. The summed E-state index contributed by atoms with van der Waals surface area (Å²) >= 11 is 7.47. The molecular formula is C13H13ClFNS. The van der Waals surface area contributed by atoms with Gasteiger partial charge in [0.1, 0.15) is 5.82 Å². The molecule has 0 spiro atoms. The summed E-state index contributed by atoms with van der Waals surface area (Å²) in [5.74, 6) is -0.199. The third-order valence-corrected chi connectivity index (χ3v) is 3.84. The molecule has 0 aliphatic heterocycles. The minimum atomic E-state index is -0.199. The van der Waals surface area contributed by atoms with Crippen molar-refractivity contribution in [3.8, 4) is 0 Å². The highest BCUT2D eigenvalue weighted by atomic mass is 35.5. The first-order valence-electron chi connectivity index (χ1n) is 5.37. The first-order valence-corrected chi connectivity index (χ1v) is 6.62. The molecule has 90 valence electrons. The van der Waals surface area contributed by atoms with Crippen LogP contribution in [0.4, 0.5) is 4.39 Å². The summed E-state index contributed by atoms with van der Waals surface area (Å²) in [6, 6.07) is 8.71. The SMILES string of the molecule is C[C@@H](NCc1cc(Cl)cs1)c1cccc(F)c1. The highest BCUT2D eigenvalue weighted by molar-refractivity contribution is 7.10. The number of rotatable bonds is 4. The van der Waals surface area contributed by atoms with Crippen LogP contribution < -0.4 is 5.32 Å². The maximum atomic E-state index is 13.1. The summed E-state index contributed by atoms with van der Waals surface area (Å²) in [5, 5.41) is 6.02. The van der Waals surface area contributed by atoms with Crippen LogP contribution in [0.1, 0.15) is 23.4 Å². The van der Waals surface area contributed by atoms with Gasteiger partial charge in [-0.1, -0.05) is 23.7 Å². The van der Waals surface area contributed by atoms with Crippen molar-refractivity contribution in [3.63, 3.8) is 0 Å². The molecule has 1 heterocycles. The average Bonchev–Trinajstić information content (AvgIpc) is 2.72. The summed E-state index contributed by atoms with van der Waals surface area (Å²) < 4.78 is 13.1. The molecule has 0 bridgehead atoms. The van der Waals surface area contributed by atoms with Crippen molar-refractivity contribution in [3.05, 3.63) is 57.0 Å². The van der Waals surface area contributed by atoms with Gasteiger partial charge in [0.15, 0.2) is 0 Å². The van der Waals surface area contributed by atoms with E-state index in [1.165, 1.54) is 10.9 Å². The lowest BCUT2D eigenvalue weighted by molar-refractivity contribution is 0.568. The molecule has 0 saturated carbocycles. The molecule has 2 rings (SSSR count). The predicted octanol–water partition coefficient (Wildman–Crippen LogP) is 4.39. The summed E-state index contributed by atoms with van der Waals surface area (Å²) in [5.41, 5.74) is 0.952. The van der Waals surface area contributed by atoms with Crippen LogP contribution in [0.15, 0.2) is 35.7 Å². The third-order valence-electron chi connectivity index (χ3n) is 2.55. The zero-order valence-electron chi connectivity index (χ0n) is 9.41. The smallest absolute Gasteiger partial charge is 0.123 e. The van der Waals surface area contributed by atoms with Gasteiger partial charge in [0, 0.05) is 22.8 Å². The van der Waals surface area contributed by atoms with Gasteiger partial charge in [-0.2, -0.15) is 0 Å². The molecule has 0 aliphatic rings. The molecule has 17 heavy (non-hydrogen) atoms. The zero-order valence-corrected chi connectivity index (χ0v) is 11.0. The number of thiophene rings is 1. The van der Waals surface area contributed by atoms with Gasteiger partial charge in [-0.3, -0.25) is 0 Å². The molecule has 0 saturated heterocycles. The van der Waals surface area contributed by atoms with Gasteiger partial charge < -0.3 is 5.32 Å². The van der Waals surface area contributed by atoms with Crippen molar-refractivity contribution >= 4 is 22.9 Å². The maximum Gasteiger partial charge on any atom is 0.123 e. The van der Waals surface area contributed by atoms with Crippen LogP contribution in [0.25, 0.3) is 0 Å². The second-order valence-corrected chi connectivity index (χ2v) is 5.32. The lowest BCUT2D eigenvalue weighted by Gasteiger charge is -2.13. The Balaban J connectivity index is 1.95. The van der Waals surface area contributed by atoms with Crippen LogP contribution in [0.3, 0.4) is 0 Å². The normalized spacial score (nSPS) is 12.6. The van der Waals surface area contributed by atoms with Crippen molar-refractivity contribution in [1.82, 2.24) is 5.32 Å². The van der Waals surface area contributed by atoms with Crippen LogP contribution in [0, 0.1) is 5.82 Å². The number of hydrogen-bond donors (Lipinski definition) is 1. The highest BCUT2D eigenvalue weighted by Crippen LogP contribution is 2.20. The van der Waals surface area contributed by atoms with Crippen LogP contribution in [0.5, 0.6) is 0 Å². The van der Waals surface area contributed by atoms with Crippen LogP contribution in [0.2, 0.25) is 5.02 Å². The van der Waals surface area contributed by atoms with Crippen molar-refractivity contribution in [1.29, 1.82) is 0 Å². The molecule has 4 heteroatoms. The topological polar surface area (TPSA) is 12.0 Å². The Morgan fingerprint density at radius 1 is 1.41 bits per heavy atom. The quantitative estimate of drug-likeness (QED) is 0.868. The van der Waals surface area contributed by atoms with E-state index in [-0.39, 0.29) is 11.9 Å². The molecule has 1 aromatic heterocycles. The molecule has 0 unspecified atom stereocenters. The third kappa shape index (κ3) is 3.53. The van der Waals surface area contributed by atoms with Gasteiger partial charge in [-0.15, -0.1) is 11.3 Å². The van der Waals surface area contributed by atoms with Crippen molar-refractivity contribution in [2.75, 3.05) is 0 Å². The largest absolute Gasteiger partial charge is 0.305 e. The van der Waals surface area contributed by atoms with Crippen molar-refractivity contribution in [2.45, 2.75) is 19.5 Å². The Labute approximate surface area is 109 Å². The molecule has 0 amide bonds. The highest BCUT2D eigenvalue weighted by Gasteiger charge is 2.06. The van der Waals surface area contributed by atoms with E-state index in [4.69, 9.17) is 11.6 Å². The lowest BCUT2D eigenvalue weighted by atomic mass is 10.1. The first kappa shape index (κ1) is 12.6. The molecular weight excluding hydrogens is 257 g/mol. The predicted molar refractivity (Wildman–Crippen MR) is 71.0 cm³/mol. The molecule has 0 radical (unpaired) electrons. The molecule has 1 atom stereocenters. The fourth-order valence-corrected chi connectivity index (χ4v) is 2.62. The van der Waals surface area contributed by atoms with E-state index in [9.17, 15) is 4.39 Å². The van der Waals surface area contributed by atoms with E-state index >= 15 is 0 Å². The molecule has 0 fully saturated rings. The Morgan fingerprint density at radius 3 is 2.88 bits per heavy atom. The second-order valence-electron chi connectivity index (χ2n) is 3.89. The average molecular weight is 270 g/mol. The number of nitrogens with one attached hydrogen (secondary N) is 1. The zero-order chi connectivity index (χ0) is 12.3. The molecule has 1 N–H and O–H groups in total.